The molecule has 134 valence electrons. The molecular formula is C21H23N3OS. The fourth-order valence-corrected chi connectivity index (χ4v) is 2.99. The van der Waals surface area contributed by atoms with Crippen LogP contribution < -0.4 is 10.2 Å². The molecule has 0 radical (unpaired) electrons. The van der Waals surface area contributed by atoms with Crippen molar-refractivity contribution < 1.29 is 4.74 Å². The van der Waals surface area contributed by atoms with Crippen LogP contribution in [0.5, 0.6) is 5.75 Å². The highest BCUT2D eigenvalue weighted by Crippen LogP contribution is 2.25. The Balaban J connectivity index is 1.59. The van der Waals surface area contributed by atoms with Crippen molar-refractivity contribution in [3.8, 4) is 17.0 Å². The molecule has 1 heterocycles. The number of nitrogens with one attached hydrogen (secondary N) is 1. The molecular weight excluding hydrogens is 342 g/mol. The maximum atomic E-state index is 5.81. The van der Waals surface area contributed by atoms with Gasteiger partial charge in [0.25, 0.3) is 0 Å². The second-order valence-corrected chi connectivity index (χ2v) is 7.92. The van der Waals surface area contributed by atoms with Crippen molar-refractivity contribution in [3.63, 3.8) is 0 Å². The Kier molecular flexibility index (Phi) is 5.38. The fourth-order valence-electron chi connectivity index (χ4n) is 2.32. The number of benzene rings is 2. The smallest absolute Gasteiger partial charge is 0.203 e. The number of hydrogen-bond acceptors (Lipinski definition) is 5. The van der Waals surface area contributed by atoms with Crippen LogP contribution in [0.25, 0.3) is 11.3 Å². The van der Waals surface area contributed by atoms with Gasteiger partial charge in [-0.05, 0) is 57.5 Å². The minimum Gasteiger partial charge on any atom is -0.488 e. The third kappa shape index (κ3) is 5.17. The van der Waals surface area contributed by atoms with E-state index in [9.17, 15) is 0 Å². The summed E-state index contributed by atoms with van der Waals surface area (Å²) in [6.07, 6.45) is 1.77. The molecule has 3 rings (SSSR count). The Hall–Kier alpha value is -2.66. The topological polar surface area (TPSA) is 46.5 Å². The van der Waals surface area contributed by atoms with Gasteiger partial charge in [-0.3, -0.25) is 5.43 Å². The van der Waals surface area contributed by atoms with Crippen LogP contribution in [-0.4, -0.2) is 16.8 Å². The minimum atomic E-state index is -0.197. The van der Waals surface area contributed by atoms with Gasteiger partial charge in [0.15, 0.2) is 0 Å². The van der Waals surface area contributed by atoms with Crippen molar-refractivity contribution in [3.05, 3.63) is 65.0 Å². The fraction of sp³-hybridized carbons (Fsp3) is 0.238. The number of hydrazone groups is 1. The molecule has 0 unspecified atom stereocenters. The monoisotopic (exact) mass is 365 g/mol. The van der Waals surface area contributed by atoms with Gasteiger partial charge in [-0.1, -0.05) is 29.8 Å². The Labute approximate surface area is 158 Å². The largest absolute Gasteiger partial charge is 0.488 e. The average Bonchev–Trinajstić information content (AvgIpc) is 3.05. The lowest BCUT2D eigenvalue weighted by Gasteiger charge is -2.21. The van der Waals surface area contributed by atoms with E-state index in [1.54, 1.807) is 6.21 Å². The number of thiazole rings is 1. The first-order valence-electron chi connectivity index (χ1n) is 8.50. The van der Waals surface area contributed by atoms with Crippen LogP contribution in [0.3, 0.4) is 0 Å². The van der Waals surface area contributed by atoms with Gasteiger partial charge in [0.1, 0.15) is 11.4 Å². The minimum absolute atomic E-state index is 0.197. The molecule has 0 amide bonds. The maximum Gasteiger partial charge on any atom is 0.203 e. The van der Waals surface area contributed by atoms with E-state index in [1.807, 2.05) is 50.4 Å². The molecule has 2 aromatic carbocycles. The van der Waals surface area contributed by atoms with Crippen LogP contribution in [0, 0.1) is 6.92 Å². The Morgan fingerprint density at radius 2 is 1.73 bits per heavy atom. The number of anilines is 1. The van der Waals surface area contributed by atoms with Crippen molar-refractivity contribution in [1.29, 1.82) is 0 Å². The first-order chi connectivity index (χ1) is 12.4. The molecule has 0 bridgehead atoms. The van der Waals surface area contributed by atoms with E-state index in [0.717, 1.165) is 27.7 Å². The highest BCUT2D eigenvalue weighted by Gasteiger charge is 2.11. The van der Waals surface area contributed by atoms with Crippen LogP contribution in [0.4, 0.5) is 5.13 Å². The lowest BCUT2D eigenvalue weighted by Crippen LogP contribution is -2.22. The summed E-state index contributed by atoms with van der Waals surface area (Å²) in [5.41, 5.74) is 7.10. The second kappa shape index (κ2) is 7.70. The first kappa shape index (κ1) is 18.1. The first-order valence-corrected chi connectivity index (χ1v) is 9.38. The highest BCUT2D eigenvalue weighted by atomic mass is 32.1. The van der Waals surface area contributed by atoms with Gasteiger partial charge in [0, 0.05) is 10.9 Å². The zero-order valence-electron chi connectivity index (χ0n) is 15.5. The van der Waals surface area contributed by atoms with Gasteiger partial charge in [-0.15, -0.1) is 11.3 Å². The van der Waals surface area contributed by atoms with Crippen molar-refractivity contribution in [1.82, 2.24) is 4.98 Å². The number of ether oxygens (including phenoxy) is 1. The van der Waals surface area contributed by atoms with Crippen molar-refractivity contribution in [2.75, 3.05) is 5.43 Å². The Morgan fingerprint density at radius 1 is 1.04 bits per heavy atom. The predicted molar refractivity (Wildman–Crippen MR) is 110 cm³/mol. The van der Waals surface area contributed by atoms with E-state index in [2.05, 4.69) is 46.7 Å². The van der Waals surface area contributed by atoms with E-state index in [1.165, 1.54) is 16.9 Å². The third-order valence-electron chi connectivity index (χ3n) is 3.53. The van der Waals surface area contributed by atoms with Gasteiger partial charge in [0.05, 0.1) is 11.9 Å². The van der Waals surface area contributed by atoms with Crippen molar-refractivity contribution >= 4 is 22.7 Å². The third-order valence-corrected chi connectivity index (χ3v) is 4.28. The zero-order chi connectivity index (χ0) is 18.6. The van der Waals surface area contributed by atoms with Crippen LogP contribution in [-0.2, 0) is 0 Å². The van der Waals surface area contributed by atoms with E-state index in [-0.39, 0.29) is 5.60 Å². The zero-order valence-corrected chi connectivity index (χ0v) is 16.3. The molecule has 5 heteroatoms. The molecule has 0 aliphatic carbocycles. The van der Waals surface area contributed by atoms with E-state index >= 15 is 0 Å². The summed E-state index contributed by atoms with van der Waals surface area (Å²) in [5, 5.41) is 7.07. The van der Waals surface area contributed by atoms with E-state index in [4.69, 9.17) is 4.74 Å². The lowest BCUT2D eigenvalue weighted by atomic mass is 10.1. The summed E-state index contributed by atoms with van der Waals surface area (Å²) in [5.74, 6) is 0.852. The Morgan fingerprint density at radius 3 is 2.38 bits per heavy atom. The van der Waals surface area contributed by atoms with Gasteiger partial charge in [0.2, 0.25) is 5.13 Å². The number of aromatic nitrogens is 1. The summed E-state index contributed by atoms with van der Waals surface area (Å²) in [6.45, 7) is 8.18. The second-order valence-electron chi connectivity index (χ2n) is 7.06. The summed E-state index contributed by atoms with van der Waals surface area (Å²) >= 11 is 1.54. The van der Waals surface area contributed by atoms with Crippen LogP contribution in [0.2, 0.25) is 0 Å². The Bertz CT molecular complexity index is 875. The predicted octanol–water partition coefficient (Wildman–Crippen LogP) is 5.74. The standard InChI is InChI=1S/C21H23N3OS/c1-15-5-9-17(10-6-15)19-14-26-20(23-19)24-22-13-16-7-11-18(12-8-16)25-21(2,3)4/h5-14H,1-4H3,(H,23,24)/b22-13-. The molecule has 0 spiro atoms. The molecule has 1 N–H and O–H groups in total. The SMILES string of the molecule is Cc1ccc(-c2csc(N/N=C\c3ccc(OC(C)(C)C)cc3)n2)cc1. The van der Waals surface area contributed by atoms with Crippen molar-refractivity contribution in [2.45, 2.75) is 33.3 Å². The molecule has 1 aromatic heterocycles. The van der Waals surface area contributed by atoms with Gasteiger partial charge < -0.3 is 4.74 Å². The van der Waals surface area contributed by atoms with Crippen LogP contribution >= 0.6 is 11.3 Å². The summed E-state index contributed by atoms with van der Waals surface area (Å²) in [4.78, 5) is 4.57. The maximum absolute atomic E-state index is 5.81. The van der Waals surface area contributed by atoms with Crippen molar-refractivity contribution in [2.24, 2.45) is 5.10 Å². The molecule has 0 saturated heterocycles. The van der Waals surface area contributed by atoms with Crippen LogP contribution in [0.1, 0.15) is 31.9 Å². The normalized spacial score (nSPS) is 11.7. The molecule has 0 aliphatic rings. The summed E-state index contributed by atoms with van der Waals surface area (Å²) in [6, 6.07) is 16.2. The molecule has 0 saturated carbocycles. The number of nitrogens with zero attached hydrogens (tertiary/aromatic N) is 2. The summed E-state index contributed by atoms with van der Waals surface area (Å²) in [7, 11) is 0. The lowest BCUT2D eigenvalue weighted by molar-refractivity contribution is 0.131. The highest BCUT2D eigenvalue weighted by molar-refractivity contribution is 7.14. The van der Waals surface area contributed by atoms with Gasteiger partial charge in [-0.25, -0.2) is 4.98 Å². The molecule has 0 fully saturated rings. The van der Waals surface area contributed by atoms with E-state index < -0.39 is 0 Å². The molecule has 4 nitrogen and oxygen atoms in total. The summed E-state index contributed by atoms with van der Waals surface area (Å²) < 4.78 is 5.81. The quantitative estimate of drug-likeness (QED) is 0.463. The average molecular weight is 366 g/mol. The number of rotatable bonds is 5. The molecule has 0 aliphatic heterocycles. The number of aryl methyl sites for hydroxylation is 1. The van der Waals surface area contributed by atoms with E-state index in [0.29, 0.717) is 0 Å². The molecule has 3 aromatic rings. The molecule has 26 heavy (non-hydrogen) atoms. The molecule has 0 atom stereocenters. The van der Waals surface area contributed by atoms with Gasteiger partial charge >= 0.3 is 0 Å². The number of hydrogen-bond donors (Lipinski definition) is 1. The van der Waals surface area contributed by atoms with Gasteiger partial charge in [-0.2, -0.15) is 5.10 Å². The van der Waals surface area contributed by atoms with Crippen LogP contribution in [0.15, 0.2) is 59.0 Å².